The first-order chi connectivity index (χ1) is 8.59. The molecule has 1 aromatic carbocycles. The van der Waals surface area contributed by atoms with Crippen molar-refractivity contribution in [1.29, 1.82) is 0 Å². The first-order valence-electron chi connectivity index (χ1n) is 6.19. The van der Waals surface area contributed by atoms with Crippen LogP contribution in [0.2, 0.25) is 0 Å². The van der Waals surface area contributed by atoms with E-state index in [4.69, 9.17) is 9.15 Å². The predicted molar refractivity (Wildman–Crippen MR) is 69.6 cm³/mol. The molecule has 4 nitrogen and oxygen atoms in total. The van der Waals surface area contributed by atoms with Gasteiger partial charge >= 0.3 is 0 Å². The number of aromatic nitrogens is 1. The highest BCUT2D eigenvalue weighted by atomic mass is 16.5. The molecule has 18 heavy (non-hydrogen) atoms. The first-order valence-corrected chi connectivity index (χ1v) is 6.19. The minimum Gasteiger partial charge on any atom is -0.443 e. The molecule has 0 radical (unpaired) electrons. The Kier molecular flexibility index (Phi) is 2.47. The summed E-state index contributed by atoms with van der Waals surface area (Å²) in [6, 6.07) is 6.23. The summed E-state index contributed by atoms with van der Waals surface area (Å²) >= 11 is 0. The van der Waals surface area contributed by atoms with Crippen LogP contribution in [0.3, 0.4) is 0 Å². The molecule has 0 amide bonds. The molecular formula is C14H18N2O2. The fraction of sp³-hybridized carbons (Fsp3) is 0.500. The van der Waals surface area contributed by atoms with Crippen LogP contribution in [0, 0.1) is 0 Å². The van der Waals surface area contributed by atoms with E-state index in [9.17, 15) is 0 Å². The predicted octanol–water partition coefficient (Wildman–Crippen LogP) is 2.09. The highest BCUT2D eigenvalue weighted by molar-refractivity contribution is 5.73. The van der Waals surface area contributed by atoms with Crippen molar-refractivity contribution in [2.24, 2.45) is 0 Å². The van der Waals surface area contributed by atoms with Crippen molar-refractivity contribution >= 4 is 11.1 Å². The Hall–Kier alpha value is -1.39. The van der Waals surface area contributed by atoms with Crippen molar-refractivity contribution in [2.75, 3.05) is 20.3 Å². The van der Waals surface area contributed by atoms with E-state index >= 15 is 0 Å². The quantitative estimate of drug-likeness (QED) is 0.901. The maximum atomic E-state index is 5.49. The lowest BCUT2D eigenvalue weighted by Gasteiger charge is -2.52. The Bertz CT molecular complexity index is 570. The molecule has 1 aromatic heterocycles. The van der Waals surface area contributed by atoms with Gasteiger partial charge in [-0.3, -0.25) is 0 Å². The highest BCUT2D eigenvalue weighted by Crippen LogP contribution is 2.42. The number of rotatable bonds is 3. The van der Waals surface area contributed by atoms with E-state index in [1.807, 2.05) is 13.1 Å². The molecule has 0 atom stereocenters. The number of likely N-dealkylation sites (N-methyl/N-ethyl adjacent to an activating group) is 1. The molecule has 0 unspecified atom stereocenters. The number of hydrogen-bond donors (Lipinski definition) is 1. The molecular weight excluding hydrogens is 228 g/mol. The van der Waals surface area contributed by atoms with Gasteiger partial charge in [0, 0.05) is 5.54 Å². The second-order valence-electron chi connectivity index (χ2n) is 5.48. The summed E-state index contributed by atoms with van der Waals surface area (Å²) in [5.74, 6) is 0. The largest absolute Gasteiger partial charge is 0.443 e. The molecule has 96 valence electrons. The molecule has 1 N–H and O–H groups in total. The maximum absolute atomic E-state index is 5.49. The second kappa shape index (κ2) is 3.80. The SMILES string of the molecule is CNC(C)(C)C1(c2ccc3ncoc3c2)COC1. The summed E-state index contributed by atoms with van der Waals surface area (Å²) in [6.45, 7) is 5.89. The summed E-state index contributed by atoms with van der Waals surface area (Å²) in [7, 11) is 1.99. The van der Waals surface area contributed by atoms with E-state index < -0.39 is 0 Å². The summed E-state index contributed by atoms with van der Waals surface area (Å²) < 4.78 is 10.9. The van der Waals surface area contributed by atoms with Crippen molar-refractivity contribution in [2.45, 2.75) is 24.8 Å². The lowest BCUT2D eigenvalue weighted by molar-refractivity contribution is -0.0990. The Labute approximate surface area is 106 Å². The van der Waals surface area contributed by atoms with Crippen LogP contribution in [0.15, 0.2) is 29.0 Å². The lowest BCUT2D eigenvalue weighted by Crippen LogP contribution is -2.65. The standard InChI is InChI=1S/C14H18N2O2/c1-13(2,15-3)14(7-17-8-14)10-4-5-11-12(6-10)18-9-16-11/h4-6,9,15H,7-8H2,1-3H3. The number of oxazole rings is 1. The van der Waals surface area contributed by atoms with Crippen LogP contribution >= 0.6 is 0 Å². The van der Waals surface area contributed by atoms with Gasteiger partial charge in [-0.2, -0.15) is 0 Å². The molecule has 0 bridgehead atoms. The molecule has 1 saturated heterocycles. The first kappa shape index (κ1) is 11.7. The summed E-state index contributed by atoms with van der Waals surface area (Å²) in [5, 5.41) is 3.40. The zero-order valence-electron chi connectivity index (χ0n) is 11.0. The lowest BCUT2D eigenvalue weighted by atomic mass is 9.65. The van der Waals surface area contributed by atoms with Crippen LogP contribution < -0.4 is 5.32 Å². The summed E-state index contributed by atoms with van der Waals surface area (Å²) in [6.07, 6.45) is 1.49. The number of benzene rings is 1. The number of nitrogens with one attached hydrogen (secondary N) is 1. The average molecular weight is 246 g/mol. The molecule has 1 aliphatic rings. The van der Waals surface area contributed by atoms with Gasteiger partial charge in [-0.05, 0) is 38.6 Å². The van der Waals surface area contributed by atoms with Gasteiger partial charge in [0.05, 0.1) is 18.6 Å². The number of fused-ring (bicyclic) bond motifs is 1. The molecule has 2 aromatic rings. The van der Waals surface area contributed by atoms with E-state index in [0.717, 1.165) is 24.3 Å². The van der Waals surface area contributed by atoms with Crippen molar-refractivity contribution in [3.05, 3.63) is 30.2 Å². The topological polar surface area (TPSA) is 47.3 Å². The Morgan fingerprint density at radius 3 is 2.72 bits per heavy atom. The second-order valence-corrected chi connectivity index (χ2v) is 5.48. The molecule has 0 spiro atoms. The van der Waals surface area contributed by atoms with Gasteiger partial charge in [-0.1, -0.05) is 6.07 Å². The van der Waals surface area contributed by atoms with E-state index in [-0.39, 0.29) is 11.0 Å². The smallest absolute Gasteiger partial charge is 0.181 e. The van der Waals surface area contributed by atoms with Gasteiger partial charge < -0.3 is 14.5 Å². The van der Waals surface area contributed by atoms with Gasteiger partial charge in [-0.15, -0.1) is 0 Å². The fourth-order valence-corrected chi connectivity index (χ4v) is 2.59. The number of hydrogen-bond acceptors (Lipinski definition) is 4. The Morgan fingerprint density at radius 2 is 2.11 bits per heavy atom. The van der Waals surface area contributed by atoms with Gasteiger partial charge in [-0.25, -0.2) is 4.98 Å². The van der Waals surface area contributed by atoms with Crippen molar-refractivity contribution in [3.8, 4) is 0 Å². The van der Waals surface area contributed by atoms with E-state index in [0.29, 0.717) is 0 Å². The minimum absolute atomic E-state index is 0.00271. The fourth-order valence-electron chi connectivity index (χ4n) is 2.59. The van der Waals surface area contributed by atoms with E-state index in [2.05, 4.69) is 36.3 Å². The molecule has 3 rings (SSSR count). The van der Waals surface area contributed by atoms with Crippen LogP contribution in [-0.2, 0) is 10.2 Å². The van der Waals surface area contributed by atoms with Crippen LogP contribution in [0.1, 0.15) is 19.4 Å². The third kappa shape index (κ3) is 1.42. The van der Waals surface area contributed by atoms with E-state index in [1.54, 1.807) is 0 Å². The van der Waals surface area contributed by atoms with Crippen molar-refractivity contribution in [3.63, 3.8) is 0 Å². The van der Waals surface area contributed by atoms with Gasteiger partial charge in [0.1, 0.15) is 5.52 Å². The minimum atomic E-state index is -0.0288. The van der Waals surface area contributed by atoms with Gasteiger partial charge in [0.25, 0.3) is 0 Å². The van der Waals surface area contributed by atoms with E-state index in [1.165, 1.54) is 12.0 Å². The molecule has 0 saturated carbocycles. The van der Waals surface area contributed by atoms with Crippen LogP contribution in [0.25, 0.3) is 11.1 Å². The summed E-state index contributed by atoms with van der Waals surface area (Å²) in [4.78, 5) is 4.15. The molecule has 4 heteroatoms. The van der Waals surface area contributed by atoms with Crippen LogP contribution in [0.5, 0.6) is 0 Å². The third-order valence-corrected chi connectivity index (χ3v) is 4.40. The number of ether oxygens (including phenoxy) is 1. The molecule has 2 heterocycles. The zero-order chi connectivity index (χ0) is 12.8. The molecule has 0 aliphatic carbocycles. The van der Waals surface area contributed by atoms with Crippen LogP contribution in [-0.4, -0.2) is 30.8 Å². The Balaban J connectivity index is 2.11. The maximum Gasteiger partial charge on any atom is 0.181 e. The van der Waals surface area contributed by atoms with Gasteiger partial charge in [0.15, 0.2) is 12.0 Å². The Morgan fingerprint density at radius 1 is 1.33 bits per heavy atom. The molecule has 1 aliphatic heterocycles. The van der Waals surface area contributed by atoms with Crippen molar-refractivity contribution < 1.29 is 9.15 Å². The average Bonchev–Trinajstić information content (AvgIpc) is 2.74. The third-order valence-electron chi connectivity index (χ3n) is 4.40. The normalized spacial score (nSPS) is 18.8. The van der Waals surface area contributed by atoms with Crippen LogP contribution in [0.4, 0.5) is 0 Å². The van der Waals surface area contributed by atoms with Gasteiger partial charge in [0.2, 0.25) is 0 Å². The zero-order valence-corrected chi connectivity index (χ0v) is 11.0. The highest BCUT2D eigenvalue weighted by Gasteiger charge is 2.51. The number of nitrogens with zero attached hydrogens (tertiary/aromatic N) is 1. The monoisotopic (exact) mass is 246 g/mol. The van der Waals surface area contributed by atoms with Crippen molar-refractivity contribution in [1.82, 2.24) is 10.3 Å². The summed E-state index contributed by atoms with van der Waals surface area (Å²) in [5.41, 5.74) is 2.96. The molecule has 1 fully saturated rings.